The van der Waals surface area contributed by atoms with Gasteiger partial charge >= 0.3 is 0 Å². The smallest absolute Gasteiger partial charge is 0.119 e. The average Bonchev–Trinajstić information content (AvgIpc) is 2.70. The molecule has 27 heavy (non-hydrogen) atoms. The largest absolute Gasteiger partial charge is 0.491 e. The molecule has 0 heterocycles. The Morgan fingerprint density at radius 1 is 0.778 bits per heavy atom. The van der Waals surface area contributed by atoms with Gasteiger partial charge in [-0.25, -0.2) is 0 Å². The van der Waals surface area contributed by atoms with Gasteiger partial charge in [0, 0.05) is 7.11 Å². The number of hydrogen-bond donors (Lipinski definition) is 1. The van der Waals surface area contributed by atoms with E-state index in [0.29, 0.717) is 6.61 Å². The van der Waals surface area contributed by atoms with Crippen LogP contribution in [0.25, 0.3) is 0 Å². The molecule has 0 saturated heterocycles. The van der Waals surface area contributed by atoms with E-state index in [9.17, 15) is 0 Å². The molecule has 1 aromatic carbocycles. The minimum absolute atomic E-state index is 0.0203. The SMILES string of the molecule is CCCCCCCCCCCCCCc1ccc(OCC(CO)OC)cc1. The molecule has 1 unspecified atom stereocenters. The fourth-order valence-electron chi connectivity index (χ4n) is 3.31. The van der Waals surface area contributed by atoms with Gasteiger partial charge in [0.25, 0.3) is 0 Å². The fourth-order valence-corrected chi connectivity index (χ4v) is 3.31. The van der Waals surface area contributed by atoms with Crippen LogP contribution in [0.3, 0.4) is 0 Å². The molecule has 0 amide bonds. The first-order valence-corrected chi connectivity index (χ1v) is 11.2. The molecule has 3 heteroatoms. The zero-order chi connectivity index (χ0) is 19.6. The lowest BCUT2D eigenvalue weighted by molar-refractivity contribution is 0.0164. The minimum Gasteiger partial charge on any atom is -0.491 e. The lowest BCUT2D eigenvalue weighted by Gasteiger charge is -2.13. The van der Waals surface area contributed by atoms with Crippen molar-refractivity contribution < 1.29 is 14.6 Å². The van der Waals surface area contributed by atoms with Crippen LogP contribution in [0.2, 0.25) is 0 Å². The third kappa shape index (κ3) is 12.9. The lowest BCUT2D eigenvalue weighted by Crippen LogP contribution is -2.24. The quantitative estimate of drug-likeness (QED) is 0.304. The van der Waals surface area contributed by atoms with Crippen LogP contribution in [-0.4, -0.2) is 31.5 Å². The Kier molecular flexibility index (Phi) is 15.2. The van der Waals surface area contributed by atoms with E-state index < -0.39 is 0 Å². The molecule has 156 valence electrons. The maximum atomic E-state index is 9.08. The molecule has 3 nitrogen and oxygen atoms in total. The Bertz CT molecular complexity index is 426. The Labute approximate surface area is 167 Å². The molecule has 0 radical (unpaired) electrons. The van der Waals surface area contributed by atoms with Crippen LogP contribution in [0.15, 0.2) is 24.3 Å². The van der Waals surface area contributed by atoms with Gasteiger partial charge in [-0.05, 0) is 30.5 Å². The van der Waals surface area contributed by atoms with Crippen LogP contribution in [0, 0.1) is 0 Å². The summed E-state index contributed by atoms with van der Waals surface area (Å²) in [6.45, 7) is 2.64. The van der Waals surface area contributed by atoms with Crippen LogP contribution >= 0.6 is 0 Å². The number of rotatable bonds is 18. The summed E-state index contributed by atoms with van der Waals surface area (Å²) < 4.78 is 10.7. The summed E-state index contributed by atoms with van der Waals surface area (Å²) in [4.78, 5) is 0. The van der Waals surface area contributed by atoms with Crippen molar-refractivity contribution in [2.24, 2.45) is 0 Å². The summed E-state index contributed by atoms with van der Waals surface area (Å²) in [5.74, 6) is 0.837. The molecular formula is C24H42O3. The summed E-state index contributed by atoms with van der Waals surface area (Å²) in [6.07, 6.45) is 17.6. The van der Waals surface area contributed by atoms with Gasteiger partial charge in [-0.3, -0.25) is 0 Å². The van der Waals surface area contributed by atoms with Crippen molar-refractivity contribution in [3.05, 3.63) is 29.8 Å². The van der Waals surface area contributed by atoms with Crippen molar-refractivity contribution in [3.8, 4) is 5.75 Å². The van der Waals surface area contributed by atoms with E-state index >= 15 is 0 Å². The van der Waals surface area contributed by atoms with Gasteiger partial charge in [-0.2, -0.15) is 0 Å². The number of benzene rings is 1. The molecule has 0 fully saturated rings. The van der Waals surface area contributed by atoms with Crippen molar-refractivity contribution in [1.29, 1.82) is 0 Å². The summed E-state index contributed by atoms with van der Waals surface area (Å²) in [7, 11) is 1.59. The number of hydrogen-bond acceptors (Lipinski definition) is 3. The molecule has 0 spiro atoms. The number of aryl methyl sites for hydroxylation is 1. The van der Waals surface area contributed by atoms with Crippen LogP contribution in [0.5, 0.6) is 5.75 Å². The highest BCUT2D eigenvalue weighted by Crippen LogP contribution is 2.16. The Hall–Kier alpha value is -1.06. The van der Waals surface area contributed by atoms with E-state index in [-0.39, 0.29) is 12.7 Å². The van der Waals surface area contributed by atoms with Crippen molar-refractivity contribution in [2.75, 3.05) is 20.3 Å². The summed E-state index contributed by atoms with van der Waals surface area (Å²) in [5.41, 5.74) is 1.37. The highest BCUT2D eigenvalue weighted by atomic mass is 16.5. The predicted octanol–water partition coefficient (Wildman–Crippen LogP) is 6.32. The zero-order valence-corrected chi connectivity index (χ0v) is 17.8. The molecule has 0 aliphatic rings. The molecule has 1 aromatic rings. The van der Waals surface area contributed by atoms with Gasteiger partial charge in [0.2, 0.25) is 0 Å². The molecule has 1 atom stereocenters. The standard InChI is InChI=1S/C24H42O3/c1-3-4-5-6-7-8-9-10-11-12-13-14-15-22-16-18-23(19-17-22)27-21-24(20-25)26-2/h16-19,24-25H,3-15,20-21H2,1-2H3. The molecule has 0 aliphatic carbocycles. The Morgan fingerprint density at radius 2 is 1.30 bits per heavy atom. The first kappa shape index (κ1) is 24.0. The van der Waals surface area contributed by atoms with Crippen molar-refractivity contribution in [3.63, 3.8) is 0 Å². The van der Waals surface area contributed by atoms with E-state index in [1.807, 2.05) is 12.1 Å². The lowest BCUT2D eigenvalue weighted by atomic mass is 10.0. The predicted molar refractivity (Wildman–Crippen MR) is 115 cm³/mol. The van der Waals surface area contributed by atoms with Gasteiger partial charge in [0.1, 0.15) is 18.5 Å². The molecule has 0 bridgehead atoms. The van der Waals surface area contributed by atoms with E-state index in [2.05, 4.69) is 19.1 Å². The van der Waals surface area contributed by atoms with Crippen molar-refractivity contribution in [2.45, 2.75) is 96.5 Å². The summed E-state index contributed by atoms with van der Waals surface area (Å²) >= 11 is 0. The molecular weight excluding hydrogens is 336 g/mol. The number of aliphatic hydroxyl groups excluding tert-OH is 1. The molecule has 0 saturated carbocycles. The van der Waals surface area contributed by atoms with E-state index in [0.717, 1.165) is 12.2 Å². The summed E-state index contributed by atoms with van der Waals surface area (Å²) in [5, 5.41) is 9.08. The number of ether oxygens (including phenoxy) is 2. The second-order valence-corrected chi connectivity index (χ2v) is 7.63. The van der Waals surface area contributed by atoms with E-state index in [1.54, 1.807) is 7.11 Å². The number of aliphatic hydroxyl groups is 1. The monoisotopic (exact) mass is 378 g/mol. The van der Waals surface area contributed by atoms with Crippen LogP contribution in [0.4, 0.5) is 0 Å². The summed E-state index contributed by atoms with van der Waals surface area (Å²) in [6, 6.07) is 8.32. The van der Waals surface area contributed by atoms with E-state index in [4.69, 9.17) is 14.6 Å². The zero-order valence-electron chi connectivity index (χ0n) is 17.8. The highest BCUT2D eigenvalue weighted by molar-refractivity contribution is 5.27. The maximum absolute atomic E-state index is 9.08. The van der Waals surface area contributed by atoms with Gasteiger partial charge in [-0.1, -0.05) is 89.7 Å². The van der Waals surface area contributed by atoms with Crippen LogP contribution in [-0.2, 0) is 11.2 Å². The minimum atomic E-state index is -0.259. The molecule has 1 N–H and O–H groups in total. The molecule has 1 rings (SSSR count). The van der Waals surface area contributed by atoms with Crippen LogP contribution < -0.4 is 4.74 Å². The third-order valence-electron chi connectivity index (χ3n) is 5.22. The Morgan fingerprint density at radius 3 is 1.78 bits per heavy atom. The van der Waals surface area contributed by atoms with Gasteiger partial charge in [0.05, 0.1) is 6.61 Å². The van der Waals surface area contributed by atoms with Gasteiger partial charge in [0.15, 0.2) is 0 Å². The normalized spacial score (nSPS) is 12.3. The van der Waals surface area contributed by atoms with Crippen LogP contribution in [0.1, 0.15) is 89.5 Å². The first-order chi connectivity index (χ1) is 13.3. The molecule has 0 aliphatic heterocycles. The maximum Gasteiger partial charge on any atom is 0.119 e. The first-order valence-electron chi connectivity index (χ1n) is 11.2. The number of methoxy groups -OCH3 is 1. The fraction of sp³-hybridized carbons (Fsp3) is 0.750. The van der Waals surface area contributed by atoms with Crippen molar-refractivity contribution >= 4 is 0 Å². The van der Waals surface area contributed by atoms with Gasteiger partial charge in [-0.15, -0.1) is 0 Å². The second-order valence-electron chi connectivity index (χ2n) is 7.63. The van der Waals surface area contributed by atoms with Crippen molar-refractivity contribution in [1.82, 2.24) is 0 Å². The van der Waals surface area contributed by atoms with Gasteiger partial charge < -0.3 is 14.6 Å². The third-order valence-corrected chi connectivity index (χ3v) is 5.22. The second kappa shape index (κ2) is 17.1. The topological polar surface area (TPSA) is 38.7 Å². The van der Waals surface area contributed by atoms with E-state index in [1.165, 1.54) is 82.6 Å². The average molecular weight is 379 g/mol. The molecule has 0 aromatic heterocycles. The Balaban J connectivity index is 1.97. The highest BCUT2D eigenvalue weighted by Gasteiger charge is 2.06. The number of unbranched alkanes of at least 4 members (excludes halogenated alkanes) is 11.